The maximum atomic E-state index is 5.78. The average molecular weight is 313 g/mol. The number of rotatable bonds is 7. The van der Waals surface area contributed by atoms with Gasteiger partial charge in [0, 0.05) is 13.2 Å². The molecule has 122 valence electrons. The van der Waals surface area contributed by atoms with Crippen molar-refractivity contribution < 1.29 is 14.2 Å². The lowest BCUT2D eigenvalue weighted by molar-refractivity contribution is 0.0679. The molecule has 1 saturated heterocycles. The molecule has 0 aliphatic carbocycles. The van der Waals surface area contributed by atoms with Crippen molar-refractivity contribution in [2.24, 2.45) is 0 Å². The minimum atomic E-state index is 0.252. The van der Waals surface area contributed by atoms with Gasteiger partial charge in [-0.2, -0.15) is 0 Å². The van der Waals surface area contributed by atoms with Crippen molar-refractivity contribution in [3.63, 3.8) is 0 Å². The maximum Gasteiger partial charge on any atom is 0.141 e. The van der Waals surface area contributed by atoms with E-state index in [1.54, 1.807) is 7.11 Å². The molecule has 1 unspecified atom stereocenters. The molecular weight excluding hydrogens is 290 g/mol. The fourth-order valence-electron chi connectivity index (χ4n) is 2.66. The Bertz CT molecular complexity index is 606. The first-order chi connectivity index (χ1) is 11.3. The van der Waals surface area contributed by atoms with Crippen LogP contribution in [0.25, 0.3) is 0 Å². The summed E-state index contributed by atoms with van der Waals surface area (Å²) in [6.07, 6.45) is 2.49. The Morgan fingerprint density at radius 1 is 1.13 bits per heavy atom. The van der Waals surface area contributed by atoms with Gasteiger partial charge < -0.3 is 19.5 Å². The van der Waals surface area contributed by atoms with Crippen LogP contribution in [0.4, 0.5) is 5.69 Å². The van der Waals surface area contributed by atoms with E-state index in [9.17, 15) is 0 Å². The van der Waals surface area contributed by atoms with Gasteiger partial charge in [0.15, 0.2) is 0 Å². The van der Waals surface area contributed by atoms with E-state index in [2.05, 4.69) is 17.4 Å². The predicted molar refractivity (Wildman–Crippen MR) is 91.2 cm³/mol. The molecule has 1 atom stereocenters. The van der Waals surface area contributed by atoms with Crippen LogP contribution in [-0.4, -0.2) is 26.4 Å². The predicted octanol–water partition coefficient (Wildman–Crippen LogP) is 3.87. The van der Waals surface area contributed by atoms with Crippen LogP contribution in [0.1, 0.15) is 18.4 Å². The highest BCUT2D eigenvalue weighted by Crippen LogP contribution is 2.24. The smallest absolute Gasteiger partial charge is 0.141 e. The molecule has 2 aromatic rings. The van der Waals surface area contributed by atoms with Gasteiger partial charge in [-0.1, -0.05) is 24.3 Å². The van der Waals surface area contributed by atoms with E-state index < -0.39 is 0 Å². The normalized spacial score (nSPS) is 17.0. The number of anilines is 1. The summed E-state index contributed by atoms with van der Waals surface area (Å²) in [6, 6.07) is 16.1. The zero-order valence-corrected chi connectivity index (χ0v) is 13.5. The van der Waals surface area contributed by atoms with Crippen molar-refractivity contribution in [1.82, 2.24) is 0 Å². The molecule has 0 radical (unpaired) electrons. The molecule has 1 aliphatic rings. The van der Waals surface area contributed by atoms with Gasteiger partial charge in [-0.15, -0.1) is 0 Å². The van der Waals surface area contributed by atoms with Crippen LogP contribution in [0.5, 0.6) is 11.5 Å². The molecule has 0 saturated carbocycles. The summed E-state index contributed by atoms with van der Waals surface area (Å²) in [5.41, 5.74) is 2.19. The third-order valence-electron chi connectivity index (χ3n) is 3.97. The lowest BCUT2D eigenvalue weighted by Gasteiger charge is -2.13. The third kappa shape index (κ3) is 4.39. The number of methoxy groups -OCH3 is 1. The number of para-hydroxylation sites is 2. The summed E-state index contributed by atoms with van der Waals surface area (Å²) in [6.45, 7) is 2.24. The molecule has 1 aliphatic heterocycles. The van der Waals surface area contributed by atoms with Crippen molar-refractivity contribution in [1.29, 1.82) is 0 Å². The van der Waals surface area contributed by atoms with Gasteiger partial charge in [-0.05, 0) is 42.7 Å². The van der Waals surface area contributed by atoms with E-state index >= 15 is 0 Å². The Balaban J connectivity index is 1.50. The zero-order chi connectivity index (χ0) is 15.9. The van der Waals surface area contributed by atoms with Crippen LogP contribution in [0.15, 0.2) is 48.5 Å². The van der Waals surface area contributed by atoms with Gasteiger partial charge in [-0.3, -0.25) is 0 Å². The maximum absolute atomic E-state index is 5.78. The van der Waals surface area contributed by atoms with Gasteiger partial charge in [0.1, 0.15) is 18.1 Å². The average Bonchev–Trinajstić information content (AvgIpc) is 3.13. The summed E-state index contributed by atoms with van der Waals surface area (Å²) in [4.78, 5) is 0. The molecule has 1 fully saturated rings. The molecule has 23 heavy (non-hydrogen) atoms. The fraction of sp³-hybridized carbons (Fsp3) is 0.368. The summed E-state index contributed by atoms with van der Waals surface area (Å²) in [5, 5.41) is 3.39. The molecule has 0 spiro atoms. The fourth-order valence-corrected chi connectivity index (χ4v) is 2.66. The lowest BCUT2D eigenvalue weighted by Crippen LogP contribution is -2.16. The highest BCUT2D eigenvalue weighted by molar-refractivity contribution is 5.56. The van der Waals surface area contributed by atoms with E-state index in [4.69, 9.17) is 14.2 Å². The second kappa shape index (κ2) is 7.88. The Morgan fingerprint density at radius 3 is 2.70 bits per heavy atom. The van der Waals surface area contributed by atoms with Crippen molar-refractivity contribution in [2.75, 3.05) is 25.6 Å². The van der Waals surface area contributed by atoms with E-state index in [1.807, 2.05) is 36.4 Å². The van der Waals surface area contributed by atoms with Crippen molar-refractivity contribution >= 4 is 5.69 Å². The molecule has 1 heterocycles. The third-order valence-corrected chi connectivity index (χ3v) is 3.97. The summed E-state index contributed by atoms with van der Waals surface area (Å²) < 4.78 is 16.7. The minimum Gasteiger partial charge on any atom is -0.495 e. The first-order valence-electron chi connectivity index (χ1n) is 8.05. The standard InChI is InChI=1S/C19H23NO3/c1-21-19-7-3-2-6-18(19)20-13-15-8-10-16(11-9-15)23-14-17-5-4-12-22-17/h2-3,6-11,17,20H,4-5,12-14H2,1H3. The van der Waals surface area contributed by atoms with E-state index in [-0.39, 0.29) is 6.10 Å². The zero-order valence-electron chi connectivity index (χ0n) is 13.5. The second-order valence-electron chi connectivity index (χ2n) is 5.64. The Kier molecular flexibility index (Phi) is 5.37. The number of ether oxygens (including phenoxy) is 3. The van der Waals surface area contributed by atoms with Crippen molar-refractivity contribution in [3.8, 4) is 11.5 Å². The van der Waals surface area contributed by atoms with Gasteiger partial charge in [0.05, 0.1) is 18.9 Å². The number of hydrogen-bond acceptors (Lipinski definition) is 4. The van der Waals surface area contributed by atoms with Crippen molar-refractivity contribution in [3.05, 3.63) is 54.1 Å². The van der Waals surface area contributed by atoms with E-state index in [0.717, 1.165) is 43.2 Å². The van der Waals surface area contributed by atoms with Crippen LogP contribution in [-0.2, 0) is 11.3 Å². The van der Waals surface area contributed by atoms with Gasteiger partial charge in [0.25, 0.3) is 0 Å². The van der Waals surface area contributed by atoms with Crippen LogP contribution in [0, 0.1) is 0 Å². The topological polar surface area (TPSA) is 39.7 Å². The first kappa shape index (κ1) is 15.7. The molecule has 0 bridgehead atoms. The SMILES string of the molecule is COc1ccccc1NCc1ccc(OCC2CCCO2)cc1. The quantitative estimate of drug-likeness (QED) is 0.842. The molecule has 0 amide bonds. The minimum absolute atomic E-state index is 0.252. The Hall–Kier alpha value is -2.20. The van der Waals surface area contributed by atoms with Crippen molar-refractivity contribution in [2.45, 2.75) is 25.5 Å². The first-order valence-corrected chi connectivity index (χ1v) is 8.05. The lowest BCUT2D eigenvalue weighted by atomic mass is 10.2. The number of hydrogen-bond donors (Lipinski definition) is 1. The largest absolute Gasteiger partial charge is 0.495 e. The van der Waals surface area contributed by atoms with Gasteiger partial charge in [-0.25, -0.2) is 0 Å². The Morgan fingerprint density at radius 2 is 1.96 bits per heavy atom. The molecular formula is C19H23NO3. The molecule has 3 rings (SSSR count). The summed E-state index contributed by atoms with van der Waals surface area (Å²) >= 11 is 0. The molecule has 4 nitrogen and oxygen atoms in total. The highest BCUT2D eigenvalue weighted by atomic mass is 16.5. The van der Waals surface area contributed by atoms with E-state index in [0.29, 0.717) is 6.61 Å². The highest BCUT2D eigenvalue weighted by Gasteiger charge is 2.15. The van der Waals surface area contributed by atoms with Crippen LogP contribution >= 0.6 is 0 Å². The van der Waals surface area contributed by atoms with Crippen LogP contribution in [0.3, 0.4) is 0 Å². The molecule has 2 aromatic carbocycles. The van der Waals surface area contributed by atoms with Crippen LogP contribution in [0.2, 0.25) is 0 Å². The Labute approximate surface area is 137 Å². The molecule has 1 N–H and O–H groups in total. The number of nitrogens with one attached hydrogen (secondary N) is 1. The summed E-state index contributed by atoms with van der Waals surface area (Å²) in [7, 11) is 1.68. The van der Waals surface area contributed by atoms with Gasteiger partial charge in [0.2, 0.25) is 0 Å². The second-order valence-corrected chi connectivity index (χ2v) is 5.64. The van der Waals surface area contributed by atoms with Crippen LogP contribution < -0.4 is 14.8 Å². The number of benzene rings is 2. The summed E-state index contributed by atoms with van der Waals surface area (Å²) in [5.74, 6) is 1.74. The van der Waals surface area contributed by atoms with Gasteiger partial charge >= 0.3 is 0 Å². The monoisotopic (exact) mass is 313 g/mol. The van der Waals surface area contributed by atoms with E-state index in [1.165, 1.54) is 5.56 Å². The molecule has 0 aromatic heterocycles. The molecule has 4 heteroatoms.